The molecule has 6 nitrogen and oxygen atoms in total. The van der Waals surface area contributed by atoms with Gasteiger partial charge in [0.2, 0.25) is 5.91 Å². The highest BCUT2D eigenvalue weighted by atomic mass is 16.5. The molecule has 0 aliphatic heterocycles. The average Bonchev–Trinajstić information content (AvgIpc) is 2.76. The van der Waals surface area contributed by atoms with Crippen LogP contribution in [-0.4, -0.2) is 37.5 Å². The Morgan fingerprint density at radius 3 is 2.19 bits per heavy atom. The number of amides is 2. The fourth-order valence-electron chi connectivity index (χ4n) is 3.09. The van der Waals surface area contributed by atoms with Gasteiger partial charge in [0.1, 0.15) is 6.04 Å². The van der Waals surface area contributed by atoms with Crippen LogP contribution in [0.1, 0.15) is 55.1 Å². The number of benzene rings is 2. The predicted octanol–water partition coefficient (Wildman–Crippen LogP) is 3.39. The maximum Gasteiger partial charge on any atom is 0.305 e. The topological polar surface area (TPSA) is 84.5 Å². The third-order valence-corrected chi connectivity index (χ3v) is 5.00. The number of esters is 1. The zero-order valence-corrected chi connectivity index (χ0v) is 18.7. The first-order valence-corrected chi connectivity index (χ1v) is 10.5. The molecule has 2 amide bonds. The molecule has 0 bridgehead atoms. The number of carbonyl (C=O) groups is 3. The Balaban J connectivity index is 2.06. The van der Waals surface area contributed by atoms with Gasteiger partial charge in [-0.15, -0.1) is 0 Å². The second-order valence-corrected chi connectivity index (χ2v) is 8.51. The van der Waals surface area contributed by atoms with E-state index in [0.29, 0.717) is 24.9 Å². The molecule has 0 saturated heterocycles. The van der Waals surface area contributed by atoms with Crippen LogP contribution < -0.4 is 10.6 Å². The van der Waals surface area contributed by atoms with Crippen LogP contribution in [0.15, 0.2) is 54.6 Å². The Morgan fingerprint density at radius 2 is 1.61 bits per heavy atom. The van der Waals surface area contributed by atoms with Crippen LogP contribution in [-0.2, 0) is 26.2 Å². The second kappa shape index (κ2) is 11.3. The summed E-state index contributed by atoms with van der Waals surface area (Å²) in [5, 5.41) is 5.66. The van der Waals surface area contributed by atoms with E-state index >= 15 is 0 Å². The lowest BCUT2D eigenvalue weighted by Gasteiger charge is -2.20. The van der Waals surface area contributed by atoms with Gasteiger partial charge in [-0.05, 0) is 35.1 Å². The summed E-state index contributed by atoms with van der Waals surface area (Å²) >= 11 is 0. The number of hydrogen-bond donors (Lipinski definition) is 2. The molecule has 0 radical (unpaired) electrons. The number of carbonyl (C=O) groups excluding carboxylic acids is 3. The first kappa shape index (κ1) is 24.1. The summed E-state index contributed by atoms with van der Waals surface area (Å²) in [5.74, 6) is -0.901. The molecule has 0 aliphatic rings. The first-order valence-electron chi connectivity index (χ1n) is 10.5. The summed E-state index contributed by atoms with van der Waals surface area (Å²) in [6, 6.07) is 16.2. The van der Waals surface area contributed by atoms with Crippen molar-refractivity contribution in [3.8, 4) is 0 Å². The Hall–Kier alpha value is -3.15. The summed E-state index contributed by atoms with van der Waals surface area (Å²) in [6.07, 6.45) is 1.07. The van der Waals surface area contributed by atoms with Crippen LogP contribution in [0.4, 0.5) is 0 Å². The van der Waals surface area contributed by atoms with Crippen molar-refractivity contribution in [2.75, 3.05) is 13.7 Å². The monoisotopic (exact) mass is 424 g/mol. The van der Waals surface area contributed by atoms with Gasteiger partial charge in [-0.2, -0.15) is 0 Å². The van der Waals surface area contributed by atoms with Gasteiger partial charge >= 0.3 is 5.97 Å². The van der Waals surface area contributed by atoms with Gasteiger partial charge in [-0.1, -0.05) is 63.2 Å². The molecule has 2 aromatic carbocycles. The normalized spacial score (nSPS) is 12.0. The Morgan fingerprint density at radius 1 is 0.968 bits per heavy atom. The molecule has 6 heteroatoms. The molecule has 0 aromatic heterocycles. The van der Waals surface area contributed by atoms with Gasteiger partial charge < -0.3 is 15.4 Å². The van der Waals surface area contributed by atoms with E-state index in [9.17, 15) is 14.4 Å². The lowest BCUT2D eigenvalue weighted by atomic mass is 9.86. The predicted molar refractivity (Wildman–Crippen MR) is 121 cm³/mol. The molecule has 1 atom stereocenters. The molecule has 0 spiro atoms. The van der Waals surface area contributed by atoms with E-state index in [2.05, 4.69) is 36.1 Å². The maximum atomic E-state index is 12.8. The molecule has 2 aromatic rings. The molecule has 2 rings (SSSR count). The third kappa shape index (κ3) is 7.89. The van der Waals surface area contributed by atoms with E-state index in [4.69, 9.17) is 0 Å². The highest BCUT2D eigenvalue weighted by Crippen LogP contribution is 2.22. The third-order valence-electron chi connectivity index (χ3n) is 5.00. The summed E-state index contributed by atoms with van der Waals surface area (Å²) in [5.41, 5.74) is 2.58. The molecule has 0 fully saturated rings. The second-order valence-electron chi connectivity index (χ2n) is 8.51. The Labute approximate surface area is 184 Å². The van der Waals surface area contributed by atoms with Gasteiger partial charge in [0.05, 0.1) is 7.11 Å². The molecule has 0 saturated carbocycles. The van der Waals surface area contributed by atoms with Crippen LogP contribution >= 0.6 is 0 Å². The van der Waals surface area contributed by atoms with E-state index in [1.54, 1.807) is 12.1 Å². The highest BCUT2D eigenvalue weighted by Gasteiger charge is 2.22. The zero-order valence-electron chi connectivity index (χ0n) is 18.7. The molecule has 31 heavy (non-hydrogen) atoms. The van der Waals surface area contributed by atoms with Crippen molar-refractivity contribution in [2.24, 2.45) is 0 Å². The quantitative estimate of drug-likeness (QED) is 0.477. The summed E-state index contributed by atoms with van der Waals surface area (Å²) in [6.45, 7) is 6.67. The Kier molecular flexibility index (Phi) is 8.79. The van der Waals surface area contributed by atoms with Crippen molar-refractivity contribution in [2.45, 2.75) is 51.5 Å². The first-order chi connectivity index (χ1) is 14.7. The van der Waals surface area contributed by atoms with Gasteiger partial charge in [-0.3, -0.25) is 14.4 Å². The van der Waals surface area contributed by atoms with Crippen molar-refractivity contribution < 1.29 is 19.1 Å². The molecule has 0 aliphatic carbocycles. The maximum absolute atomic E-state index is 12.8. The molecular weight excluding hydrogens is 392 g/mol. The molecule has 1 unspecified atom stereocenters. The van der Waals surface area contributed by atoms with Crippen molar-refractivity contribution in [3.63, 3.8) is 0 Å². The van der Waals surface area contributed by atoms with Crippen LogP contribution in [0.3, 0.4) is 0 Å². The fraction of sp³-hybridized carbons (Fsp3) is 0.400. The van der Waals surface area contributed by atoms with Gasteiger partial charge in [-0.25, -0.2) is 0 Å². The van der Waals surface area contributed by atoms with Crippen LogP contribution in [0.2, 0.25) is 0 Å². The molecule has 2 N–H and O–H groups in total. The van der Waals surface area contributed by atoms with Crippen molar-refractivity contribution in [1.29, 1.82) is 0 Å². The van der Waals surface area contributed by atoms with Crippen molar-refractivity contribution in [3.05, 3.63) is 71.3 Å². The molecular formula is C25H32N2O4. The van der Waals surface area contributed by atoms with Crippen molar-refractivity contribution >= 4 is 17.8 Å². The smallest absolute Gasteiger partial charge is 0.305 e. The van der Waals surface area contributed by atoms with Gasteiger partial charge in [0, 0.05) is 24.9 Å². The number of methoxy groups -OCH3 is 1. The van der Waals surface area contributed by atoms with Crippen LogP contribution in [0, 0.1) is 0 Å². The molecule has 0 heterocycles. The number of ether oxygens (including phenoxy) is 1. The minimum absolute atomic E-state index is 0.00502. The Bertz CT molecular complexity index is 871. The van der Waals surface area contributed by atoms with E-state index in [-0.39, 0.29) is 29.6 Å². The minimum atomic E-state index is -0.727. The lowest BCUT2D eigenvalue weighted by molar-refractivity contribution is -0.140. The average molecular weight is 425 g/mol. The van der Waals surface area contributed by atoms with Gasteiger partial charge in [0.15, 0.2) is 0 Å². The van der Waals surface area contributed by atoms with Crippen LogP contribution in [0.5, 0.6) is 0 Å². The number of nitrogens with one attached hydrogen (secondary N) is 2. The highest BCUT2D eigenvalue weighted by molar-refractivity contribution is 5.97. The summed E-state index contributed by atoms with van der Waals surface area (Å²) < 4.78 is 4.61. The fourth-order valence-corrected chi connectivity index (χ4v) is 3.09. The SMILES string of the molecule is COC(=O)CCCNC(=O)C(Cc1ccccc1)NC(=O)c1ccc(C(C)(C)C)cc1. The number of rotatable bonds is 9. The summed E-state index contributed by atoms with van der Waals surface area (Å²) in [4.78, 5) is 36.8. The summed E-state index contributed by atoms with van der Waals surface area (Å²) in [7, 11) is 1.33. The largest absolute Gasteiger partial charge is 0.469 e. The zero-order chi connectivity index (χ0) is 22.9. The van der Waals surface area contributed by atoms with Crippen molar-refractivity contribution in [1.82, 2.24) is 10.6 Å². The lowest BCUT2D eigenvalue weighted by Crippen LogP contribution is -2.48. The molecule has 166 valence electrons. The van der Waals surface area contributed by atoms with E-state index in [0.717, 1.165) is 11.1 Å². The minimum Gasteiger partial charge on any atom is -0.469 e. The van der Waals surface area contributed by atoms with E-state index < -0.39 is 6.04 Å². The van der Waals surface area contributed by atoms with E-state index in [1.807, 2.05) is 42.5 Å². The number of hydrogen-bond acceptors (Lipinski definition) is 4. The van der Waals surface area contributed by atoms with Crippen LogP contribution in [0.25, 0.3) is 0 Å². The standard InChI is InChI=1S/C25H32N2O4/c1-25(2,3)20-14-12-19(13-15-20)23(29)27-21(17-18-9-6-5-7-10-18)24(30)26-16-8-11-22(28)31-4/h5-7,9-10,12-15,21H,8,11,16-17H2,1-4H3,(H,26,30)(H,27,29). The van der Waals surface area contributed by atoms with Gasteiger partial charge in [0.25, 0.3) is 5.91 Å². The van der Waals surface area contributed by atoms with E-state index in [1.165, 1.54) is 7.11 Å².